The summed E-state index contributed by atoms with van der Waals surface area (Å²) in [5, 5.41) is 8.81. The van der Waals surface area contributed by atoms with Crippen LogP contribution < -0.4 is 0 Å². The number of phenols is 1. The number of hydrogen-bond donors (Lipinski definition) is 1. The van der Waals surface area contributed by atoms with Crippen LogP contribution in [0.15, 0.2) is 24.3 Å². The summed E-state index contributed by atoms with van der Waals surface area (Å²) < 4.78 is 0. The quantitative estimate of drug-likeness (QED) is 0.654. The largest absolute Gasteiger partial charge is 0.508 e. The van der Waals surface area contributed by atoms with Crippen molar-refractivity contribution in [1.82, 2.24) is 0 Å². The molecule has 0 aliphatic carbocycles. The maximum absolute atomic E-state index is 8.81. The van der Waals surface area contributed by atoms with E-state index in [-0.39, 0.29) is 22.4 Å². The van der Waals surface area contributed by atoms with Crippen molar-refractivity contribution in [2.75, 3.05) is 0 Å². The Balaban J connectivity index is 0.000000640. The van der Waals surface area contributed by atoms with Crippen molar-refractivity contribution in [1.29, 1.82) is 0 Å². The van der Waals surface area contributed by atoms with Gasteiger partial charge in [-0.2, -0.15) is 0 Å². The first-order valence-electron chi connectivity index (χ1n) is 2.54. The van der Waals surface area contributed by atoms with E-state index in [2.05, 4.69) is 0 Å². The van der Waals surface area contributed by atoms with Crippen LogP contribution in [0.25, 0.3) is 0 Å². The Bertz CT molecular complexity index is 169. The second-order valence-electron chi connectivity index (χ2n) is 1.84. The van der Waals surface area contributed by atoms with Crippen LogP contribution in [-0.4, -0.2) is 5.11 Å². The zero-order chi connectivity index (χ0) is 5.98. The fourth-order valence-corrected chi connectivity index (χ4v) is 0.628. The normalized spacial score (nSPS) is 8.11. The molecule has 0 aliphatic rings. The van der Waals surface area contributed by atoms with Gasteiger partial charge in [0.05, 0.1) is 0 Å². The third kappa shape index (κ3) is 2.70. The summed E-state index contributed by atoms with van der Waals surface area (Å²) in [6.07, 6.45) is 0. The van der Waals surface area contributed by atoms with Crippen LogP contribution in [0.4, 0.5) is 0 Å². The average Bonchev–Trinajstić information content (AvgIpc) is 1.64. The first kappa shape index (κ1) is 8.76. The van der Waals surface area contributed by atoms with Gasteiger partial charge in [0.25, 0.3) is 0 Å². The summed E-state index contributed by atoms with van der Waals surface area (Å²) in [5.74, 6) is 0.338. The average molecular weight is 216 g/mol. The van der Waals surface area contributed by atoms with Crippen molar-refractivity contribution in [3.63, 3.8) is 0 Å². The molecule has 0 heterocycles. The fourth-order valence-electron chi connectivity index (χ4n) is 0.628. The maximum atomic E-state index is 8.81. The number of rotatable bonds is 0. The summed E-state index contributed by atoms with van der Waals surface area (Å²) in [6, 6.07) is 7.15. The molecule has 0 atom stereocenters. The van der Waals surface area contributed by atoms with E-state index in [1.165, 1.54) is 0 Å². The number of aryl methyl sites for hydroxylation is 1. The third-order valence-corrected chi connectivity index (χ3v) is 1.00. The Hall–Kier alpha value is -0.240. The van der Waals surface area contributed by atoms with Crippen LogP contribution in [0.1, 0.15) is 5.56 Å². The molecule has 1 radical (unpaired) electrons. The molecular formula is C7H8AgO. The summed E-state index contributed by atoms with van der Waals surface area (Å²) in [6.45, 7) is 1.94. The number of hydrogen-bond acceptors (Lipinski definition) is 1. The van der Waals surface area contributed by atoms with Crippen LogP contribution in [0.3, 0.4) is 0 Å². The Morgan fingerprint density at radius 3 is 2.33 bits per heavy atom. The van der Waals surface area contributed by atoms with Crippen LogP contribution >= 0.6 is 0 Å². The van der Waals surface area contributed by atoms with Gasteiger partial charge in [-0.1, -0.05) is 12.1 Å². The molecule has 0 fully saturated rings. The molecule has 9 heavy (non-hydrogen) atoms. The molecule has 1 N–H and O–H groups in total. The van der Waals surface area contributed by atoms with Crippen molar-refractivity contribution < 1.29 is 27.5 Å². The molecule has 53 valence electrons. The van der Waals surface area contributed by atoms with E-state index in [1.54, 1.807) is 12.1 Å². The standard InChI is InChI=1S/C7H8O.Ag/c1-6-3-2-4-7(8)5-6;/h2-5,8H,1H3;. The first-order chi connectivity index (χ1) is 3.79. The van der Waals surface area contributed by atoms with Crippen molar-refractivity contribution >= 4 is 0 Å². The van der Waals surface area contributed by atoms with E-state index in [1.807, 2.05) is 19.1 Å². The van der Waals surface area contributed by atoms with E-state index in [4.69, 9.17) is 5.11 Å². The molecule has 0 saturated carbocycles. The van der Waals surface area contributed by atoms with Crippen molar-refractivity contribution in [2.24, 2.45) is 0 Å². The maximum Gasteiger partial charge on any atom is 0.115 e. The Morgan fingerprint density at radius 1 is 1.33 bits per heavy atom. The summed E-state index contributed by atoms with van der Waals surface area (Å²) in [4.78, 5) is 0. The minimum absolute atomic E-state index is 0. The monoisotopic (exact) mass is 215 g/mol. The third-order valence-electron chi connectivity index (χ3n) is 1.00. The van der Waals surface area contributed by atoms with Gasteiger partial charge in [-0.25, -0.2) is 0 Å². The molecular weight excluding hydrogens is 208 g/mol. The van der Waals surface area contributed by atoms with Crippen LogP contribution in [-0.2, 0) is 22.4 Å². The molecule has 0 aromatic heterocycles. The number of aromatic hydroxyl groups is 1. The molecule has 0 saturated heterocycles. The van der Waals surface area contributed by atoms with Gasteiger partial charge in [0.15, 0.2) is 0 Å². The van der Waals surface area contributed by atoms with Gasteiger partial charge in [-0.05, 0) is 24.6 Å². The molecule has 0 spiro atoms. The molecule has 1 rings (SSSR count). The van der Waals surface area contributed by atoms with Crippen molar-refractivity contribution in [3.8, 4) is 5.75 Å². The van der Waals surface area contributed by atoms with E-state index in [9.17, 15) is 0 Å². The minimum atomic E-state index is 0. The van der Waals surface area contributed by atoms with Gasteiger partial charge in [-0.15, -0.1) is 0 Å². The topological polar surface area (TPSA) is 20.2 Å². The number of benzene rings is 1. The second-order valence-corrected chi connectivity index (χ2v) is 1.84. The van der Waals surface area contributed by atoms with E-state index in [0.717, 1.165) is 5.56 Å². The van der Waals surface area contributed by atoms with E-state index in [0.29, 0.717) is 5.75 Å². The molecule has 1 nitrogen and oxygen atoms in total. The second kappa shape index (κ2) is 3.72. The van der Waals surface area contributed by atoms with Crippen molar-refractivity contribution in [3.05, 3.63) is 29.8 Å². The smallest absolute Gasteiger partial charge is 0.115 e. The number of phenolic OH excluding ortho intramolecular Hbond substituents is 1. The van der Waals surface area contributed by atoms with Gasteiger partial charge in [0.1, 0.15) is 5.75 Å². The Morgan fingerprint density at radius 2 is 2.00 bits per heavy atom. The summed E-state index contributed by atoms with van der Waals surface area (Å²) in [5.41, 5.74) is 1.09. The van der Waals surface area contributed by atoms with Crippen LogP contribution in [0, 0.1) is 6.92 Å². The molecule has 0 aliphatic heterocycles. The molecule has 0 unspecified atom stereocenters. The van der Waals surface area contributed by atoms with Gasteiger partial charge >= 0.3 is 0 Å². The molecule has 2 heteroatoms. The van der Waals surface area contributed by atoms with Gasteiger partial charge in [-0.3, -0.25) is 0 Å². The predicted molar refractivity (Wildman–Crippen MR) is 32.8 cm³/mol. The molecule has 0 amide bonds. The van der Waals surface area contributed by atoms with E-state index < -0.39 is 0 Å². The van der Waals surface area contributed by atoms with E-state index >= 15 is 0 Å². The van der Waals surface area contributed by atoms with Gasteiger partial charge < -0.3 is 5.11 Å². The molecule has 1 aromatic carbocycles. The summed E-state index contributed by atoms with van der Waals surface area (Å²) in [7, 11) is 0. The van der Waals surface area contributed by atoms with Crippen molar-refractivity contribution in [2.45, 2.75) is 6.92 Å². The molecule has 0 bridgehead atoms. The summed E-state index contributed by atoms with van der Waals surface area (Å²) >= 11 is 0. The van der Waals surface area contributed by atoms with Crippen LogP contribution in [0.5, 0.6) is 5.75 Å². The van der Waals surface area contributed by atoms with Gasteiger partial charge in [0, 0.05) is 22.4 Å². The Kier molecular flexibility index (Phi) is 3.62. The first-order valence-corrected chi connectivity index (χ1v) is 2.54. The Labute approximate surface area is 70.2 Å². The predicted octanol–water partition coefficient (Wildman–Crippen LogP) is 1.70. The zero-order valence-corrected chi connectivity index (χ0v) is 6.54. The van der Waals surface area contributed by atoms with Crippen LogP contribution in [0.2, 0.25) is 0 Å². The minimum Gasteiger partial charge on any atom is -0.508 e. The van der Waals surface area contributed by atoms with Gasteiger partial charge in [0.2, 0.25) is 0 Å². The SMILES string of the molecule is Cc1cccc(O)c1.[Ag]. The fraction of sp³-hybridized carbons (Fsp3) is 0.143. The molecule has 1 aromatic rings. The zero-order valence-electron chi connectivity index (χ0n) is 5.06.